The first kappa shape index (κ1) is 14.0. The van der Waals surface area contributed by atoms with Crippen molar-refractivity contribution in [2.24, 2.45) is 0 Å². The molecule has 0 bridgehead atoms. The summed E-state index contributed by atoms with van der Waals surface area (Å²) in [6, 6.07) is 7.77. The molecular weight excluding hydrogens is 257 g/mol. The van der Waals surface area contributed by atoms with Crippen LogP contribution < -0.4 is 10.6 Å². The topological polar surface area (TPSA) is 54.0 Å². The van der Waals surface area contributed by atoms with Gasteiger partial charge in [0.05, 0.1) is 5.56 Å². The van der Waals surface area contributed by atoms with Crippen molar-refractivity contribution < 1.29 is 9.18 Å². The van der Waals surface area contributed by atoms with Gasteiger partial charge in [0.2, 0.25) is 0 Å². The second-order valence-corrected chi connectivity index (χ2v) is 4.40. The minimum atomic E-state index is -0.376. The van der Waals surface area contributed by atoms with Crippen molar-refractivity contribution in [1.29, 1.82) is 0 Å². The van der Waals surface area contributed by atoms with E-state index in [4.69, 9.17) is 0 Å². The summed E-state index contributed by atoms with van der Waals surface area (Å²) in [6.07, 6.45) is 1.61. The van der Waals surface area contributed by atoms with Crippen molar-refractivity contribution in [1.82, 2.24) is 4.98 Å². The summed E-state index contributed by atoms with van der Waals surface area (Å²) in [5.74, 6) is -0.182. The minimum Gasteiger partial charge on any atom is -0.370 e. The smallest absolute Gasteiger partial charge is 0.259 e. The lowest BCUT2D eigenvalue weighted by molar-refractivity contribution is 0.102. The molecule has 0 aliphatic rings. The van der Waals surface area contributed by atoms with Gasteiger partial charge in [-0.05, 0) is 49.7 Å². The molecule has 0 spiro atoms. The highest BCUT2D eigenvalue weighted by Crippen LogP contribution is 2.17. The van der Waals surface area contributed by atoms with Crippen LogP contribution in [0.4, 0.5) is 15.9 Å². The number of aryl methyl sites for hydroxylation is 1. The van der Waals surface area contributed by atoms with E-state index in [1.807, 2.05) is 6.92 Å². The molecule has 20 heavy (non-hydrogen) atoms. The number of hydrogen-bond acceptors (Lipinski definition) is 3. The van der Waals surface area contributed by atoms with Gasteiger partial charge in [-0.3, -0.25) is 4.79 Å². The molecule has 5 heteroatoms. The number of amides is 1. The third-order valence-electron chi connectivity index (χ3n) is 2.70. The van der Waals surface area contributed by atoms with Gasteiger partial charge < -0.3 is 10.6 Å². The highest BCUT2D eigenvalue weighted by atomic mass is 19.1. The van der Waals surface area contributed by atoms with Gasteiger partial charge in [0.15, 0.2) is 0 Å². The summed E-state index contributed by atoms with van der Waals surface area (Å²) < 4.78 is 13.3. The standard InChI is InChI=1S/C15H16FN3O/c1-3-17-14-13(5-4-6-18-14)15(20)19-12-8-10(2)7-11(16)9-12/h4-9H,3H2,1-2H3,(H,17,18)(H,19,20). The zero-order chi connectivity index (χ0) is 14.5. The molecule has 2 aromatic rings. The maximum absolute atomic E-state index is 13.3. The first-order valence-electron chi connectivity index (χ1n) is 6.37. The van der Waals surface area contributed by atoms with E-state index in [0.29, 0.717) is 23.6 Å². The Morgan fingerprint density at radius 3 is 2.85 bits per heavy atom. The van der Waals surface area contributed by atoms with Gasteiger partial charge in [0.25, 0.3) is 5.91 Å². The van der Waals surface area contributed by atoms with Crippen molar-refractivity contribution in [3.8, 4) is 0 Å². The van der Waals surface area contributed by atoms with Gasteiger partial charge in [-0.1, -0.05) is 0 Å². The Kier molecular flexibility index (Phi) is 4.30. The Morgan fingerprint density at radius 2 is 2.15 bits per heavy atom. The molecule has 0 aliphatic heterocycles. The zero-order valence-corrected chi connectivity index (χ0v) is 11.4. The average molecular weight is 273 g/mol. The average Bonchev–Trinajstić information content (AvgIpc) is 2.38. The van der Waals surface area contributed by atoms with Crippen LogP contribution >= 0.6 is 0 Å². The molecule has 1 aromatic heterocycles. The van der Waals surface area contributed by atoms with Crippen LogP contribution in [0.1, 0.15) is 22.8 Å². The molecule has 104 valence electrons. The molecule has 0 aliphatic carbocycles. The predicted molar refractivity (Wildman–Crippen MR) is 77.5 cm³/mol. The lowest BCUT2D eigenvalue weighted by Crippen LogP contribution is -2.15. The number of hydrogen-bond donors (Lipinski definition) is 2. The number of halogens is 1. The fourth-order valence-corrected chi connectivity index (χ4v) is 1.90. The molecule has 2 N–H and O–H groups in total. The zero-order valence-electron chi connectivity index (χ0n) is 11.4. The van der Waals surface area contributed by atoms with Crippen molar-refractivity contribution in [2.75, 3.05) is 17.2 Å². The van der Waals surface area contributed by atoms with E-state index in [9.17, 15) is 9.18 Å². The van der Waals surface area contributed by atoms with Crippen molar-refractivity contribution in [3.63, 3.8) is 0 Å². The van der Waals surface area contributed by atoms with Crippen LogP contribution in [-0.4, -0.2) is 17.4 Å². The fourth-order valence-electron chi connectivity index (χ4n) is 1.90. The molecule has 4 nitrogen and oxygen atoms in total. The monoisotopic (exact) mass is 273 g/mol. The van der Waals surface area contributed by atoms with Crippen LogP contribution in [0, 0.1) is 12.7 Å². The molecule has 0 fully saturated rings. The molecule has 2 rings (SSSR count). The van der Waals surface area contributed by atoms with Crippen LogP contribution in [0.25, 0.3) is 0 Å². The Balaban J connectivity index is 2.23. The molecule has 0 unspecified atom stereocenters. The van der Waals surface area contributed by atoms with Crippen LogP contribution in [0.2, 0.25) is 0 Å². The third kappa shape index (κ3) is 3.32. The van der Waals surface area contributed by atoms with Crippen LogP contribution in [0.5, 0.6) is 0 Å². The second kappa shape index (κ2) is 6.14. The van der Waals surface area contributed by atoms with Crippen molar-refractivity contribution >= 4 is 17.4 Å². The van der Waals surface area contributed by atoms with Crippen LogP contribution in [0.3, 0.4) is 0 Å². The van der Waals surface area contributed by atoms with Crippen molar-refractivity contribution in [3.05, 3.63) is 53.5 Å². The number of anilines is 2. The largest absolute Gasteiger partial charge is 0.370 e. The molecule has 0 atom stereocenters. The fraction of sp³-hybridized carbons (Fsp3) is 0.200. The van der Waals surface area contributed by atoms with E-state index in [1.165, 1.54) is 12.1 Å². The molecule has 1 heterocycles. The Bertz CT molecular complexity index is 608. The number of carbonyl (C=O) groups is 1. The van der Waals surface area contributed by atoms with Gasteiger partial charge in [0, 0.05) is 18.4 Å². The highest BCUT2D eigenvalue weighted by Gasteiger charge is 2.12. The van der Waals surface area contributed by atoms with Gasteiger partial charge in [-0.15, -0.1) is 0 Å². The molecule has 0 saturated heterocycles. The first-order chi connectivity index (χ1) is 9.60. The summed E-state index contributed by atoms with van der Waals surface area (Å²) >= 11 is 0. The first-order valence-corrected chi connectivity index (χ1v) is 6.37. The van der Waals surface area contributed by atoms with Gasteiger partial charge >= 0.3 is 0 Å². The molecule has 1 amide bonds. The number of benzene rings is 1. The quantitative estimate of drug-likeness (QED) is 0.899. The molecular formula is C15H16FN3O. The summed E-state index contributed by atoms with van der Waals surface area (Å²) in [6.45, 7) is 4.36. The number of aromatic nitrogens is 1. The SMILES string of the molecule is CCNc1ncccc1C(=O)Nc1cc(C)cc(F)c1. The van der Waals surface area contributed by atoms with E-state index in [0.717, 1.165) is 5.56 Å². The van der Waals surface area contributed by atoms with E-state index in [2.05, 4.69) is 15.6 Å². The Hall–Kier alpha value is -2.43. The van der Waals surface area contributed by atoms with Crippen LogP contribution in [0.15, 0.2) is 36.5 Å². The minimum absolute atomic E-state index is 0.320. The van der Waals surface area contributed by atoms with Gasteiger partial charge in [-0.2, -0.15) is 0 Å². The molecule has 0 saturated carbocycles. The normalized spacial score (nSPS) is 10.2. The number of pyridine rings is 1. The summed E-state index contributed by atoms with van der Waals surface area (Å²) in [5.41, 5.74) is 1.61. The second-order valence-electron chi connectivity index (χ2n) is 4.40. The number of nitrogens with zero attached hydrogens (tertiary/aromatic N) is 1. The highest BCUT2D eigenvalue weighted by molar-refractivity contribution is 6.07. The van der Waals surface area contributed by atoms with Gasteiger partial charge in [0.1, 0.15) is 11.6 Å². The Labute approximate surface area is 117 Å². The van der Waals surface area contributed by atoms with E-state index >= 15 is 0 Å². The number of carbonyl (C=O) groups excluding carboxylic acids is 1. The lowest BCUT2D eigenvalue weighted by atomic mass is 10.2. The number of nitrogens with one attached hydrogen (secondary N) is 2. The van der Waals surface area contributed by atoms with E-state index < -0.39 is 0 Å². The van der Waals surface area contributed by atoms with E-state index in [-0.39, 0.29) is 11.7 Å². The molecule has 0 radical (unpaired) electrons. The third-order valence-corrected chi connectivity index (χ3v) is 2.70. The Morgan fingerprint density at radius 1 is 1.35 bits per heavy atom. The number of rotatable bonds is 4. The maximum Gasteiger partial charge on any atom is 0.259 e. The predicted octanol–water partition coefficient (Wildman–Crippen LogP) is 3.21. The summed E-state index contributed by atoms with van der Waals surface area (Å²) in [7, 11) is 0. The lowest BCUT2D eigenvalue weighted by Gasteiger charge is -2.10. The maximum atomic E-state index is 13.3. The summed E-state index contributed by atoms with van der Waals surface area (Å²) in [5, 5.41) is 5.70. The van der Waals surface area contributed by atoms with Gasteiger partial charge in [-0.25, -0.2) is 9.37 Å². The van der Waals surface area contributed by atoms with Crippen molar-refractivity contribution in [2.45, 2.75) is 13.8 Å². The molecule has 1 aromatic carbocycles. The van der Waals surface area contributed by atoms with Crippen LogP contribution in [-0.2, 0) is 0 Å². The van der Waals surface area contributed by atoms with E-state index in [1.54, 1.807) is 31.3 Å². The summed E-state index contributed by atoms with van der Waals surface area (Å²) in [4.78, 5) is 16.3.